The molecule has 0 spiro atoms. The maximum Gasteiger partial charge on any atom is 0.220 e. The van der Waals surface area contributed by atoms with E-state index >= 15 is 0 Å². The number of aryl methyl sites for hydroxylation is 1. The maximum absolute atomic E-state index is 12.3. The van der Waals surface area contributed by atoms with Crippen LogP contribution in [-0.2, 0) is 11.2 Å². The van der Waals surface area contributed by atoms with Gasteiger partial charge in [-0.15, -0.1) is 0 Å². The quantitative estimate of drug-likeness (QED) is 0.843. The van der Waals surface area contributed by atoms with E-state index in [4.69, 9.17) is 0 Å². The summed E-state index contributed by atoms with van der Waals surface area (Å²) < 4.78 is 0. The van der Waals surface area contributed by atoms with E-state index in [1.807, 2.05) is 12.1 Å². The zero-order valence-electron chi connectivity index (χ0n) is 14.8. The van der Waals surface area contributed by atoms with Crippen molar-refractivity contribution in [3.05, 3.63) is 30.1 Å². The Kier molecular flexibility index (Phi) is 6.65. The Morgan fingerprint density at radius 1 is 1.08 bits per heavy atom. The van der Waals surface area contributed by atoms with Crippen molar-refractivity contribution in [3.63, 3.8) is 0 Å². The smallest absolute Gasteiger partial charge is 0.220 e. The molecule has 0 aromatic carbocycles. The van der Waals surface area contributed by atoms with Gasteiger partial charge in [-0.25, -0.2) is 0 Å². The topological polar surface area (TPSA) is 45.2 Å². The fraction of sp³-hybridized carbons (Fsp3) is 0.700. The van der Waals surface area contributed by atoms with Crippen LogP contribution < -0.4 is 5.32 Å². The van der Waals surface area contributed by atoms with Gasteiger partial charge in [0.2, 0.25) is 5.91 Å². The van der Waals surface area contributed by atoms with Crippen LogP contribution in [0.4, 0.5) is 0 Å². The number of hydrogen-bond donors (Lipinski definition) is 1. The van der Waals surface area contributed by atoms with E-state index in [-0.39, 0.29) is 5.91 Å². The third-order valence-electron chi connectivity index (χ3n) is 5.55. The van der Waals surface area contributed by atoms with E-state index in [0.29, 0.717) is 12.5 Å². The minimum Gasteiger partial charge on any atom is -0.352 e. The summed E-state index contributed by atoms with van der Waals surface area (Å²) in [5.41, 5.74) is 1.18. The highest BCUT2D eigenvalue weighted by Crippen LogP contribution is 2.24. The third kappa shape index (κ3) is 5.30. The van der Waals surface area contributed by atoms with Crippen molar-refractivity contribution in [1.82, 2.24) is 15.2 Å². The molecule has 1 aromatic heterocycles. The van der Waals surface area contributed by atoms with Crippen molar-refractivity contribution in [1.29, 1.82) is 0 Å². The fourth-order valence-electron chi connectivity index (χ4n) is 4.19. The summed E-state index contributed by atoms with van der Waals surface area (Å²) in [7, 11) is 0. The summed E-state index contributed by atoms with van der Waals surface area (Å²) >= 11 is 0. The van der Waals surface area contributed by atoms with Gasteiger partial charge in [0, 0.05) is 37.4 Å². The molecule has 4 heteroatoms. The van der Waals surface area contributed by atoms with Crippen molar-refractivity contribution in [3.8, 4) is 0 Å². The van der Waals surface area contributed by atoms with Crippen LogP contribution in [0, 0.1) is 0 Å². The number of nitrogens with one attached hydrogen (secondary N) is 1. The molecule has 1 aromatic rings. The normalized spacial score (nSPS) is 23.6. The number of nitrogens with zero attached hydrogens (tertiary/aromatic N) is 2. The zero-order valence-corrected chi connectivity index (χ0v) is 14.8. The van der Waals surface area contributed by atoms with Gasteiger partial charge in [-0.2, -0.15) is 0 Å². The van der Waals surface area contributed by atoms with Crippen LogP contribution in [0.1, 0.15) is 63.4 Å². The molecular weight excluding hydrogens is 298 g/mol. The van der Waals surface area contributed by atoms with Gasteiger partial charge in [-0.05, 0) is 56.3 Å². The van der Waals surface area contributed by atoms with E-state index in [1.54, 1.807) is 12.4 Å². The van der Waals surface area contributed by atoms with E-state index in [2.05, 4.69) is 15.2 Å². The number of rotatable bonds is 5. The van der Waals surface area contributed by atoms with Crippen LogP contribution in [0.25, 0.3) is 0 Å². The van der Waals surface area contributed by atoms with Gasteiger partial charge in [-0.1, -0.05) is 25.7 Å². The summed E-state index contributed by atoms with van der Waals surface area (Å²) in [5.74, 6) is 0.194. The van der Waals surface area contributed by atoms with Crippen molar-refractivity contribution < 1.29 is 4.79 Å². The summed E-state index contributed by atoms with van der Waals surface area (Å²) in [5, 5.41) is 3.28. The molecule has 2 aliphatic rings. The minimum atomic E-state index is 0.194. The number of hydrogen-bond acceptors (Lipinski definition) is 3. The molecule has 0 unspecified atom stereocenters. The van der Waals surface area contributed by atoms with E-state index in [1.165, 1.54) is 57.1 Å². The Labute approximate surface area is 146 Å². The van der Waals surface area contributed by atoms with Gasteiger partial charge in [0.1, 0.15) is 0 Å². The largest absolute Gasteiger partial charge is 0.352 e. The fourth-order valence-corrected chi connectivity index (χ4v) is 4.19. The number of aromatic nitrogens is 1. The van der Waals surface area contributed by atoms with Crippen molar-refractivity contribution >= 4 is 5.91 Å². The van der Waals surface area contributed by atoms with E-state index in [9.17, 15) is 4.79 Å². The molecular formula is C20H31N3O. The lowest BCUT2D eigenvalue weighted by Crippen LogP contribution is -2.50. The summed E-state index contributed by atoms with van der Waals surface area (Å²) in [4.78, 5) is 19.0. The average Bonchev–Trinajstić information content (AvgIpc) is 2.91. The van der Waals surface area contributed by atoms with Gasteiger partial charge in [0.25, 0.3) is 0 Å². The molecule has 0 bridgehead atoms. The number of piperidine rings is 1. The molecule has 1 amide bonds. The second kappa shape index (κ2) is 9.16. The molecule has 1 atom stereocenters. The lowest BCUT2D eigenvalue weighted by atomic mass is 9.99. The van der Waals surface area contributed by atoms with Gasteiger partial charge in [0.15, 0.2) is 0 Å². The van der Waals surface area contributed by atoms with Crippen molar-refractivity contribution in [2.75, 3.05) is 13.1 Å². The molecule has 0 radical (unpaired) electrons. The van der Waals surface area contributed by atoms with Gasteiger partial charge in [-0.3, -0.25) is 14.7 Å². The average molecular weight is 329 g/mol. The number of carbonyl (C=O) groups is 1. The molecule has 2 heterocycles. The molecule has 1 aliphatic carbocycles. The summed E-state index contributed by atoms with van der Waals surface area (Å²) in [6.07, 6.45) is 15.6. The van der Waals surface area contributed by atoms with Crippen LogP contribution >= 0.6 is 0 Å². The summed E-state index contributed by atoms with van der Waals surface area (Å²) in [6.45, 7) is 2.26. The maximum atomic E-state index is 12.3. The Hall–Kier alpha value is -1.42. The van der Waals surface area contributed by atoms with Crippen LogP contribution in [0.3, 0.4) is 0 Å². The standard InChI is InChI=1S/C20H31N3O/c24-20(10-9-17-11-13-21-14-12-17)22-18-6-5-15-23(16-18)19-7-3-1-2-4-8-19/h11-14,18-19H,1-10,15-16H2,(H,22,24)/t18-/m0/s1. The molecule has 1 N–H and O–H groups in total. The Morgan fingerprint density at radius 2 is 1.83 bits per heavy atom. The molecule has 24 heavy (non-hydrogen) atoms. The lowest BCUT2D eigenvalue weighted by molar-refractivity contribution is -0.122. The van der Waals surface area contributed by atoms with Gasteiger partial charge >= 0.3 is 0 Å². The highest BCUT2D eigenvalue weighted by molar-refractivity contribution is 5.76. The Balaban J connectivity index is 1.43. The van der Waals surface area contributed by atoms with Crippen LogP contribution in [0.2, 0.25) is 0 Å². The SMILES string of the molecule is O=C(CCc1ccncc1)N[C@H]1CCCN(C2CCCCCC2)C1. The van der Waals surface area contributed by atoms with E-state index < -0.39 is 0 Å². The predicted molar refractivity (Wildman–Crippen MR) is 96.8 cm³/mol. The first-order valence-corrected chi connectivity index (χ1v) is 9.73. The molecule has 1 saturated carbocycles. The molecule has 1 aliphatic heterocycles. The predicted octanol–water partition coefficient (Wildman–Crippen LogP) is 3.32. The highest BCUT2D eigenvalue weighted by Gasteiger charge is 2.27. The zero-order chi connectivity index (χ0) is 16.6. The Morgan fingerprint density at radius 3 is 2.58 bits per heavy atom. The number of amides is 1. The first kappa shape index (κ1) is 17.4. The van der Waals surface area contributed by atoms with Crippen LogP contribution in [0.5, 0.6) is 0 Å². The second-order valence-electron chi connectivity index (χ2n) is 7.40. The van der Waals surface area contributed by atoms with Crippen LogP contribution in [-0.4, -0.2) is 41.0 Å². The van der Waals surface area contributed by atoms with E-state index in [0.717, 1.165) is 25.4 Å². The molecule has 132 valence electrons. The Bertz CT molecular complexity index is 497. The molecule has 1 saturated heterocycles. The number of carbonyl (C=O) groups excluding carboxylic acids is 1. The summed E-state index contributed by atoms with van der Waals surface area (Å²) in [6, 6.07) is 5.07. The highest BCUT2D eigenvalue weighted by atomic mass is 16.1. The minimum absolute atomic E-state index is 0.194. The van der Waals surface area contributed by atoms with Crippen molar-refractivity contribution in [2.24, 2.45) is 0 Å². The monoisotopic (exact) mass is 329 g/mol. The third-order valence-corrected chi connectivity index (χ3v) is 5.55. The lowest BCUT2D eigenvalue weighted by Gasteiger charge is -2.38. The molecule has 3 rings (SSSR count). The van der Waals surface area contributed by atoms with Crippen molar-refractivity contribution in [2.45, 2.75) is 76.3 Å². The van der Waals surface area contributed by atoms with Gasteiger partial charge in [0.05, 0.1) is 0 Å². The first-order valence-electron chi connectivity index (χ1n) is 9.73. The molecule has 4 nitrogen and oxygen atoms in total. The number of pyridine rings is 1. The van der Waals surface area contributed by atoms with Gasteiger partial charge < -0.3 is 5.32 Å². The number of likely N-dealkylation sites (tertiary alicyclic amines) is 1. The molecule has 2 fully saturated rings. The van der Waals surface area contributed by atoms with Crippen LogP contribution in [0.15, 0.2) is 24.5 Å². The first-order chi connectivity index (χ1) is 11.8. The second-order valence-corrected chi connectivity index (χ2v) is 7.40.